The fourth-order valence-electron chi connectivity index (χ4n) is 5.97. The summed E-state index contributed by atoms with van der Waals surface area (Å²) in [6.07, 6.45) is 4.83. The summed E-state index contributed by atoms with van der Waals surface area (Å²) in [7, 11) is 3.01. The number of nitrogens with one attached hydrogen (secondary N) is 1. The topological polar surface area (TPSA) is 114 Å². The number of hydrogen-bond acceptors (Lipinski definition) is 8. The molecule has 3 aromatic carbocycles. The van der Waals surface area contributed by atoms with Crippen LogP contribution in [0.5, 0.6) is 23.0 Å². The predicted molar refractivity (Wildman–Crippen MR) is 175 cm³/mol. The number of anilines is 2. The number of pyridine rings is 1. The van der Waals surface area contributed by atoms with Gasteiger partial charge in [-0.1, -0.05) is 6.42 Å². The number of aromatic nitrogens is 1. The zero-order valence-electron chi connectivity index (χ0n) is 26.6. The number of benzene rings is 3. The molecule has 0 bridgehead atoms. The Hall–Kier alpha value is -5.30. The summed E-state index contributed by atoms with van der Waals surface area (Å²) in [6, 6.07) is 13.2. The van der Waals surface area contributed by atoms with Crippen LogP contribution in [0, 0.1) is 17.6 Å². The van der Waals surface area contributed by atoms with Gasteiger partial charge in [0.15, 0.2) is 23.1 Å². The summed E-state index contributed by atoms with van der Waals surface area (Å²) >= 11 is 0. The Morgan fingerprint density at radius 2 is 1.60 bits per heavy atom. The molecular formula is C35H35F2N5O6. The first-order valence-electron chi connectivity index (χ1n) is 15.7. The van der Waals surface area contributed by atoms with Gasteiger partial charge in [-0.2, -0.15) is 0 Å². The van der Waals surface area contributed by atoms with Crippen molar-refractivity contribution in [3.63, 3.8) is 0 Å². The quantitative estimate of drug-likeness (QED) is 0.212. The van der Waals surface area contributed by atoms with E-state index < -0.39 is 35.4 Å². The number of carbonyl (C=O) groups is 3. The maximum Gasteiger partial charge on any atom is 0.331 e. The summed E-state index contributed by atoms with van der Waals surface area (Å²) in [5, 5.41) is 3.19. The third kappa shape index (κ3) is 6.86. The molecule has 0 aliphatic carbocycles. The van der Waals surface area contributed by atoms with Crippen LogP contribution in [0.15, 0.2) is 66.9 Å². The minimum absolute atomic E-state index is 0.0914. The predicted octanol–water partition coefficient (Wildman–Crippen LogP) is 5.83. The third-order valence-electron chi connectivity index (χ3n) is 8.55. The van der Waals surface area contributed by atoms with E-state index in [1.165, 1.54) is 49.6 Å². The van der Waals surface area contributed by atoms with Crippen molar-refractivity contribution in [3.05, 3.63) is 78.5 Å². The Labute approximate surface area is 276 Å². The van der Waals surface area contributed by atoms with E-state index in [4.69, 9.17) is 14.2 Å². The van der Waals surface area contributed by atoms with Crippen molar-refractivity contribution in [2.45, 2.75) is 19.3 Å². The number of ether oxygens (including phenoxy) is 3. The number of halogens is 2. The van der Waals surface area contributed by atoms with Gasteiger partial charge >= 0.3 is 6.03 Å². The number of urea groups is 1. The average Bonchev–Trinajstić information content (AvgIpc) is 3.09. The normalized spacial score (nSPS) is 17.0. The summed E-state index contributed by atoms with van der Waals surface area (Å²) in [5.41, 5.74) is 0.789. The Kier molecular flexibility index (Phi) is 9.67. The van der Waals surface area contributed by atoms with Crippen molar-refractivity contribution in [2.75, 3.05) is 57.2 Å². The van der Waals surface area contributed by atoms with Gasteiger partial charge in [0, 0.05) is 49.0 Å². The molecule has 4 aromatic rings. The van der Waals surface area contributed by atoms with Gasteiger partial charge in [-0.15, -0.1) is 0 Å². The minimum atomic E-state index is -1.29. The third-order valence-corrected chi connectivity index (χ3v) is 8.55. The number of likely N-dealkylation sites (tertiary alicyclic amines) is 1. The number of rotatable bonds is 10. The summed E-state index contributed by atoms with van der Waals surface area (Å²) in [5.74, 6) is -2.91. The molecule has 6 rings (SSSR count). The lowest BCUT2D eigenvalue weighted by molar-refractivity contribution is -0.132. The molecule has 0 spiro atoms. The Morgan fingerprint density at radius 3 is 2.31 bits per heavy atom. The number of fused-ring (bicyclic) bond motifs is 1. The van der Waals surface area contributed by atoms with Crippen LogP contribution in [0.25, 0.3) is 10.9 Å². The Bertz CT molecular complexity index is 1830. The lowest BCUT2D eigenvalue weighted by atomic mass is 10.0. The van der Waals surface area contributed by atoms with E-state index >= 15 is 4.39 Å². The van der Waals surface area contributed by atoms with Crippen molar-refractivity contribution in [1.82, 2.24) is 14.8 Å². The number of amides is 4. The second kappa shape index (κ2) is 14.2. The first kappa shape index (κ1) is 32.6. The first-order chi connectivity index (χ1) is 23.2. The fraction of sp³-hybridized carbons (Fsp3) is 0.314. The largest absolute Gasteiger partial charge is 0.493 e. The van der Waals surface area contributed by atoms with Crippen LogP contribution in [0.1, 0.15) is 19.3 Å². The molecule has 2 fully saturated rings. The molecule has 48 heavy (non-hydrogen) atoms. The zero-order chi connectivity index (χ0) is 33.8. The van der Waals surface area contributed by atoms with Gasteiger partial charge < -0.3 is 29.3 Å². The van der Waals surface area contributed by atoms with Crippen molar-refractivity contribution >= 4 is 40.1 Å². The number of carbonyl (C=O) groups excluding carboxylic acids is 3. The number of nitrogens with zero attached hydrogens (tertiary/aromatic N) is 4. The molecule has 1 aromatic heterocycles. The standard InChI is InChI=1S/C35H35F2N5O6/c1-46-31-19-25-28(20-32(31)47-2)38-13-12-29(25)48-30-11-8-23(18-27(30)37)39-33(43)26-21-41(17-16-40-14-4-3-5-15-40)35(45)42(34(26)44)24-9-6-22(36)7-10-24/h6-13,18-20,26H,3-5,14-17,21H2,1-2H3,(H,39,43). The molecule has 3 heterocycles. The van der Waals surface area contributed by atoms with Gasteiger partial charge in [-0.05, 0) is 74.5 Å². The highest BCUT2D eigenvalue weighted by molar-refractivity contribution is 6.23. The molecule has 250 valence electrons. The Balaban J connectivity index is 1.20. The summed E-state index contributed by atoms with van der Waals surface area (Å²) < 4.78 is 45.7. The van der Waals surface area contributed by atoms with E-state index in [0.29, 0.717) is 41.2 Å². The van der Waals surface area contributed by atoms with Crippen molar-refractivity contribution in [1.29, 1.82) is 0 Å². The molecular weight excluding hydrogens is 624 g/mol. The van der Waals surface area contributed by atoms with E-state index in [-0.39, 0.29) is 23.7 Å². The van der Waals surface area contributed by atoms with Gasteiger partial charge in [0.25, 0.3) is 0 Å². The SMILES string of the molecule is COc1cc2nccc(Oc3ccc(NC(=O)C4CN(CCN5CCCCC5)C(=O)N(c5ccc(F)cc5)C4=O)cc3F)c2cc1OC. The van der Waals surface area contributed by atoms with E-state index in [9.17, 15) is 18.8 Å². The second-order valence-electron chi connectivity index (χ2n) is 11.6. The van der Waals surface area contributed by atoms with Crippen LogP contribution in [0.3, 0.4) is 0 Å². The van der Waals surface area contributed by atoms with Crippen LogP contribution >= 0.6 is 0 Å². The molecule has 13 heteroatoms. The van der Waals surface area contributed by atoms with Crippen LogP contribution in [-0.2, 0) is 9.59 Å². The van der Waals surface area contributed by atoms with E-state index in [2.05, 4.69) is 15.2 Å². The summed E-state index contributed by atoms with van der Waals surface area (Å²) in [6.45, 7) is 2.57. The summed E-state index contributed by atoms with van der Waals surface area (Å²) in [4.78, 5) is 49.6. The monoisotopic (exact) mass is 659 g/mol. The zero-order valence-corrected chi connectivity index (χ0v) is 26.6. The van der Waals surface area contributed by atoms with Crippen LogP contribution < -0.4 is 24.4 Å². The molecule has 2 aliphatic rings. The minimum Gasteiger partial charge on any atom is -0.493 e. The smallest absolute Gasteiger partial charge is 0.331 e. The van der Waals surface area contributed by atoms with Crippen LogP contribution in [0.2, 0.25) is 0 Å². The number of methoxy groups -OCH3 is 2. The van der Waals surface area contributed by atoms with Crippen molar-refractivity contribution in [2.24, 2.45) is 5.92 Å². The number of piperidine rings is 1. The molecule has 4 amide bonds. The van der Waals surface area contributed by atoms with Crippen molar-refractivity contribution in [3.8, 4) is 23.0 Å². The Morgan fingerprint density at radius 1 is 0.875 bits per heavy atom. The fourth-order valence-corrected chi connectivity index (χ4v) is 5.97. The maximum absolute atomic E-state index is 15.4. The number of imide groups is 1. The van der Waals surface area contributed by atoms with E-state index in [1.807, 2.05) is 0 Å². The highest BCUT2D eigenvalue weighted by atomic mass is 19.1. The van der Waals surface area contributed by atoms with E-state index in [0.717, 1.165) is 55.5 Å². The van der Waals surface area contributed by atoms with Crippen LogP contribution in [0.4, 0.5) is 25.0 Å². The van der Waals surface area contributed by atoms with Gasteiger partial charge in [-0.3, -0.25) is 14.6 Å². The molecule has 2 saturated heterocycles. The molecule has 0 saturated carbocycles. The first-order valence-corrected chi connectivity index (χ1v) is 15.7. The molecule has 1 unspecified atom stereocenters. The highest BCUT2D eigenvalue weighted by Crippen LogP contribution is 2.37. The lowest BCUT2D eigenvalue weighted by Gasteiger charge is -2.39. The van der Waals surface area contributed by atoms with Crippen LogP contribution in [-0.4, -0.2) is 79.6 Å². The van der Waals surface area contributed by atoms with Gasteiger partial charge in [0.1, 0.15) is 17.5 Å². The molecule has 1 atom stereocenters. The van der Waals surface area contributed by atoms with E-state index in [1.54, 1.807) is 18.2 Å². The van der Waals surface area contributed by atoms with Gasteiger partial charge in [0.05, 0.1) is 25.4 Å². The number of hydrogen-bond donors (Lipinski definition) is 1. The van der Waals surface area contributed by atoms with Gasteiger partial charge in [0.2, 0.25) is 11.8 Å². The van der Waals surface area contributed by atoms with Crippen molar-refractivity contribution < 1.29 is 37.4 Å². The maximum atomic E-state index is 15.4. The lowest BCUT2D eigenvalue weighted by Crippen LogP contribution is -2.60. The second-order valence-corrected chi connectivity index (χ2v) is 11.6. The molecule has 2 aliphatic heterocycles. The molecule has 11 nitrogen and oxygen atoms in total. The van der Waals surface area contributed by atoms with Gasteiger partial charge in [-0.25, -0.2) is 18.5 Å². The highest BCUT2D eigenvalue weighted by Gasteiger charge is 2.43. The average molecular weight is 660 g/mol. The molecule has 0 radical (unpaired) electrons. The molecule has 1 N–H and O–H groups in total.